The molecule has 4 heteroatoms. The van der Waals surface area contributed by atoms with Gasteiger partial charge in [0.2, 0.25) is 0 Å². The number of rotatable bonds is 6. The number of Topliss-reactive ketones (excluding diaryl/α,β-unsaturated/α-hetero) is 1. The van der Waals surface area contributed by atoms with E-state index in [-0.39, 0.29) is 12.3 Å². The molecule has 0 radical (unpaired) electrons. The van der Waals surface area contributed by atoms with Gasteiger partial charge in [-0.3, -0.25) is 9.69 Å². The monoisotopic (exact) mass is 285 g/mol. The van der Waals surface area contributed by atoms with E-state index in [9.17, 15) is 14.7 Å². The number of carbonyl (C=O) groups is 2. The standard InChI is InChI=1S/C17H19NO3/c1-2-3-8-16(19)12-18(17(20)21)15-10-9-13-6-4-5-7-14(13)11-15/h4-7,9-11H,2-3,8,12H2,1H3,(H,20,21). The van der Waals surface area contributed by atoms with E-state index in [1.165, 1.54) is 0 Å². The number of anilines is 1. The lowest BCUT2D eigenvalue weighted by Gasteiger charge is -2.19. The second kappa shape index (κ2) is 6.88. The van der Waals surface area contributed by atoms with E-state index in [1.54, 1.807) is 12.1 Å². The first-order chi connectivity index (χ1) is 10.1. The summed E-state index contributed by atoms with van der Waals surface area (Å²) in [6.07, 6.45) is 1.04. The number of carboxylic acid groups (broad SMARTS) is 1. The van der Waals surface area contributed by atoms with Crippen LogP contribution >= 0.6 is 0 Å². The summed E-state index contributed by atoms with van der Waals surface area (Å²) in [6.45, 7) is 1.92. The summed E-state index contributed by atoms with van der Waals surface area (Å²) in [5.74, 6) is -0.0487. The zero-order chi connectivity index (χ0) is 15.2. The fraction of sp³-hybridized carbons (Fsp3) is 0.294. The molecule has 4 nitrogen and oxygen atoms in total. The summed E-state index contributed by atoms with van der Waals surface area (Å²) in [6, 6.07) is 13.2. The van der Waals surface area contributed by atoms with Gasteiger partial charge in [-0.05, 0) is 29.3 Å². The molecule has 2 rings (SSSR count). The van der Waals surface area contributed by atoms with Crippen LogP contribution in [0.5, 0.6) is 0 Å². The maximum Gasteiger partial charge on any atom is 0.412 e. The van der Waals surface area contributed by atoms with Gasteiger partial charge in [0, 0.05) is 12.1 Å². The highest BCUT2D eigenvalue weighted by Crippen LogP contribution is 2.22. The SMILES string of the molecule is CCCCC(=O)CN(C(=O)O)c1ccc2ccccc2c1. The minimum Gasteiger partial charge on any atom is -0.465 e. The smallest absolute Gasteiger partial charge is 0.412 e. The van der Waals surface area contributed by atoms with Crippen molar-refractivity contribution in [3.63, 3.8) is 0 Å². The third-order valence-corrected chi connectivity index (χ3v) is 3.42. The summed E-state index contributed by atoms with van der Waals surface area (Å²) in [4.78, 5) is 24.4. The zero-order valence-electron chi connectivity index (χ0n) is 12.1. The predicted octanol–water partition coefficient (Wildman–Crippen LogP) is 4.08. The van der Waals surface area contributed by atoms with Gasteiger partial charge in [0.05, 0.1) is 6.54 Å². The van der Waals surface area contributed by atoms with Crippen LogP contribution in [0.1, 0.15) is 26.2 Å². The molecule has 110 valence electrons. The van der Waals surface area contributed by atoms with Gasteiger partial charge in [0.15, 0.2) is 5.78 Å². The molecule has 21 heavy (non-hydrogen) atoms. The van der Waals surface area contributed by atoms with Gasteiger partial charge in [-0.1, -0.05) is 43.7 Å². The first kappa shape index (κ1) is 15.0. The Balaban J connectivity index is 2.23. The fourth-order valence-corrected chi connectivity index (χ4v) is 2.24. The van der Waals surface area contributed by atoms with Gasteiger partial charge >= 0.3 is 6.09 Å². The van der Waals surface area contributed by atoms with E-state index >= 15 is 0 Å². The lowest BCUT2D eigenvalue weighted by molar-refractivity contribution is -0.117. The molecule has 2 aromatic carbocycles. The molecule has 0 spiro atoms. The quantitative estimate of drug-likeness (QED) is 0.869. The number of amides is 1. The Morgan fingerprint density at radius 1 is 1.10 bits per heavy atom. The zero-order valence-corrected chi connectivity index (χ0v) is 12.1. The van der Waals surface area contributed by atoms with Crippen molar-refractivity contribution in [2.75, 3.05) is 11.4 Å². The number of hydrogen-bond donors (Lipinski definition) is 1. The first-order valence-electron chi connectivity index (χ1n) is 7.12. The molecular formula is C17H19NO3. The van der Waals surface area contributed by atoms with Crippen molar-refractivity contribution in [2.24, 2.45) is 0 Å². The molecule has 0 aliphatic rings. The number of benzene rings is 2. The van der Waals surface area contributed by atoms with Crippen LogP contribution in [0.2, 0.25) is 0 Å². The van der Waals surface area contributed by atoms with Gasteiger partial charge < -0.3 is 5.11 Å². The van der Waals surface area contributed by atoms with Gasteiger partial charge in [-0.15, -0.1) is 0 Å². The van der Waals surface area contributed by atoms with Crippen molar-refractivity contribution in [1.82, 2.24) is 0 Å². The highest BCUT2D eigenvalue weighted by molar-refractivity contribution is 5.97. The number of unbranched alkanes of at least 4 members (excludes halogenated alkanes) is 1. The van der Waals surface area contributed by atoms with E-state index in [0.29, 0.717) is 12.1 Å². The van der Waals surface area contributed by atoms with Gasteiger partial charge in [0.25, 0.3) is 0 Å². The van der Waals surface area contributed by atoms with Crippen molar-refractivity contribution in [3.05, 3.63) is 42.5 Å². The van der Waals surface area contributed by atoms with Crippen molar-refractivity contribution in [2.45, 2.75) is 26.2 Å². The molecule has 2 aromatic rings. The summed E-state index contributed by atoms with van der Waals surface area (Å²) in [5, 5.41) is 11.4. The van der Waals surface area contributed by atoms with Crippen LogP contribution in [-0.2, 0) is 4.79 Å². The van der Waals surface area contributed by atoms with Gasteiger partial charge in [0.1, 0.15) is 0 Å². The van der Waals surface area contributed by atoms with Crippen molar-refractivity contribution in [3.8, 4) is 0 Å². The Morgan fingerprint density at radius 2 is 1.81 bits per heavy atom. The predicted molar refractivity (Wildman–Crippen MR) is 83.9 cm³/mol. The topological polar surface area (TPSA) is 57.6 Å². The molecule has 0 unspecified atom stereocenters. The number of fused-ring (bicyclic) bond motifs is 1. The average Bonchev–Trinajstić information content (AvgIpc) is 2.49. The highest BCUT2D eigenvalue weighted by atomic mass is 16.4. The molecule has 0 aliphatic heterocycles. The van der Waals surface area contributed by atoms with E-state index in [4.69, 9.17) is 0 Å². The fourth-order valence-electron chi connectivity index (χ4n) is 2.24. The molecule has 1 amide bonds. The number of hydrogen-bond acceptors (Lipinski definition) is 2. The molecule has 1 N–H and O–H groups in total. The number of carbonyl (C=O) groups excluding carboxylic acids is 1. The third kappa shape index (κ3) is 3.81. The van der Waals surface area contributed by atoms with Crippen LogP contribution in [0.25, 0.3) is 10.8 Å². The summed E-state index contributed by atoms with van der Waals surface area (Å²) in [7, 11) is 0. The number of ketones is 1. The molecule has 0 aliphatic carbocycles. The average molecular weight is 285 g/mol. The number of nitrogens with zero attached hydrogens (tertiary/aromatic N) is 1. The molecule has 0 atom stereocenters. The Kier molecular flexibility index (Phi) is 4.93. The lowest BCUT2D eigenvalue weighted by Crippen LogP contribution is -2.34. The van der Waals surface area contributed by atoms with Crippen LogP contribution in [0, 0.1) is 0 Å². The van der Waals surface area contributed by atoms with Crippen LogP contribution in [-0.4, -0.2) is 23.5 Å². The first-order valence-corrected chi connectivity index (χ1v) is 7.12. The highest BCUT2D eigenvalue weighted by Gasteiger charge is 2.18. The minimum absolute atomic E-state index is 0.0487. The summed E-state index contributed by atoms with van der Waals surface area (Å²) < 4.78 is 0. The largest absolute Gasteiger partial charge is 0.465 e. The normalized spacial score (nSPS) is 10.5. The Morgan fingerprint density at radius 3 is 2.48 bits per heavy atom. The second-order valence-electron chi connectivity index (χ2n) is 5.04. The lowest BCUT2D eigenvalue weighted by atomic mass is 10.1. The Hall–Kier alpha value is -2.36. The van der Waals surface area contributed by atoms with Crippen LogP contribution in [0.3, 0.4) is 0 Å². The van der Waals surface area contributed by atoms with Crippen LogP contribution in [0.4, 0.5) is 10.5 Å². The molecule has 0 saturated carbocycles. The molecular weight excluding hydrogens is 266 g/mol. The second-order valence-corrected chi connectivity index (χ2v) is 5.04. The maximum absolute atomic E-state index is 11.8. The van der Waals surface area contributed by atoms with E-state index in [1.807, 2.05) is 37.3 Å². The van der Waals surface area contributed by atoms with Crippen molar-refractivity contribution >= 4 is 28.3 Å². The summed E-state index contributed by atoms with van der Waals surface area (Å²) >= 11 is 0. The van der Waals surface area contributed by atoms with Gasteiger partial charge in [-0.2, -0.15) is 0 Å². The van der Waals surface area contributed by atoms with E-state index in [0.717, 1.165) is 28.5 Å². The van der Waals surface area contributed by atoms with Crippen LogP contribution in [0.15, 0.2) is 42.5 Å². The molecule has 0 saturated heterocycles. The maximum atomic E-state index is 11.8. The van der Waals surface area contributed by atoms with Crippen LogP contribution < -0.4 is 4.90 Å². The molecule has 0 aromatic heterocycles. The molecule has 0 heterocycles. The molecule has 0 bridgehead atoms. The van der Waals surface area contributed by atoms with Crippen molar-refractivity contribution < 1.29 is 14.7 Å². The van der Waals surface area contributed by atoms with Gasteiger partial charge in [-0.25, -0.2) is 4.79 Å². The minimum atomic E-state index is -1.10. The van der Waals surface area contributed by atoms with E-state index in [2.05, 4.69) is 0 Å². The van der Waals surface area contributed by atoms with E-state index < -0.39 is 6.09 Å². The Labute approximate surface area is 124 Å². The third-order valence-electron chi connectivity index (χ3n) is 3.42. The van der Waals surface area contributed by atoms with Crippen molar-refractivity contribution in [1.29, 1.82) is 0 Å². The Bertz CT molecular complexity index is 651. The molecule has 0 fully saturated rings. The summed E-state index contributed by atoms with van der Waals surface area (Å²) in [5.41, 5.74) is 0.533.